The monoisotopic (exact) mass is 275 g/mol. The number of nitrogens with zero attached hydrogens (tertiary/aromatic N) is 3. The molecule has 0 aliphatic rings. The highest BCUT2D eigenvalue weighted by molar-refractivity contribution is 7.17. The summed E-state index contributed by atoms with van der Waals surface area (Å²) >= 11 is 1.49. The molecule has 98 valence electrons. The van der Waals surface area contributed by atoms with Crippen molar-refractivity contribution in [3.05, 3.63) is 24.0 Å². The van der Waals surface area contributed by atoms with Crippen molar-refractivity contribution in [2.45, 2.75) is 26.4 Å². The summed E-state index contributed by atoms with van der Waals surface area (Å²) in [6.45, 7) is 5.53. The molecule has 0 fully saturated rings. The van der Waals surface area contributed by atoms with Crippen LogP contribution in [0.25, 0.3) is 21.3 Å². The first kappa shape index (κ1) is 12.1. The third kappa shape index (κ3) is 1.98. The minimum atomic E-state index is -0.539. The van der Waals surface area contributed by atoms with Crippen molar-refractivity contribution in [2.24, 2.45) is 0 Å². The Hall–Kier alpha value is -1.95. The van der Waals surface area contributed by atoms with Gasteiger partial charge >= 0.3 is 6.09 Å². The van der Waals surface area contributed by atoms with Crippen LogP contribution >= 0.6 is 11.3 Å². The molecule has 19 heavy (non-hydrogen) atoms. The normalized spacial score (nSPS) is 12.2. The van der Waals surface area contributed by atoms with Crippen molar-refractivity contribution in [3.8, 4) is 0 Å². The number of thiazole rings is 1. The van der Waals surface area contributed by atoms with E-state index in [4.69, 9.17) is 4.74 Å². The van der Waals surface area contributed by atoms with E-state index in [1.165, 1.54) is 15.9 Å². The summed E-state index contributed by atoms with van der Waals surface area (Å²) in [7, 11) is 0. The van der Waals surface area contributed by atoms with Gasteiger partial charge in [-0.3, -0.25) is 4.98 Å². The van der Waals surface area contributed by atoms with Gasteiger partial charge < -0.3 is 4.74 Å². The molecule has 0 amide bonds. The maximum absolute atomic E-state index is 12.3. The van der Waals surface area contributed by atoms with E-state index in [2.05, 4.69) is 9.97 Å². The second-order valence-electron chi connectivity index (χ2n) is 5.21. The first-order valence-electron chi connectivity index (χ1n) is 5.88. The molecule has 0 saturated carbocycles. The lowest BCUT2D eigenvalue weighted by Crippen LogP contribution is -2.27. The van der Waals surface area contributed by atoms with Crippen LogP contribution < -0.4 is 0 Å². The van der Waals surface area contributed by atoms with Crippen molar-refractivity contribution in [2.75, 3.05) is 0 Å². The Morgan fingerprint density at radius 1 is 1.42 bits per heavy atom. The van der Waals surface area contributed by atoms with Crippen molar-refractivity contribution in [3.63, 3.8) is 0 Å². The smallest absolute Gasteiger partial charge is 0.420 e. The van der Waals surface area contributed by atoms with Crippen molar-refractivity contribution >= 4 is 38.7 Å². The number of rotatable bonds is 0. The standard InChI is InChI=1S/C13H13N3O2S/c1-13(2,3)18-12(17)16-9-4-5-14-6-8(9)10-11(16)15-7-19-10/h4-7H,1-3H3. The first-order valence-corrected chi connectivity index (χ1v) is 6.76. The molecule has 0 aromatic carbocycles. The number of carbonyl (C=O) groups excluding carboxylic acids is 1. The maximum Gasteiger partial charge on any atom is 0.420 e. The van der Waals surface area contributed by atoms with Crippen LogP contribution in [-0.2, 0) is 4.74 Å². The summed E-state index contributed by atoms with van der Waals surface area (Å²) in [4.78, 5) is 20.7. The number of carbonyl (C=O) groups is 1. The summed E-state index contributed by atoms with van der Waals surface area (Å²) in [6.07, 6.45) is 2.99. The number of aromatic nitrogens is 3. The lowest BCUT2D eigenvalue weighted by atomic mass is 10.2. The minimum absolute atomic E-state index is 0.412. The zero-order valence-electron chi connectivity index (χ0n) is 10.9. The first-order chi connectivity index (χ1) is 8.97. The van der Waals surface area contributed by atoms with E-state index in [1.54, 1.807) is 24.0 Å². The molecule has 0 atom stereocenters. The Labute approximate surface area is 113 Å². The van der Waals surface area contributed by atoms with Gasteiger partial charge in [-0.05, 0) is 26.8 Å². The van der Waals surface area contributed by atoms with Crippen LogP contribution in [0.3, 0.4) is 0 Å². The third-order valence-electron chi connectivity index (χ3n) is 2.62. The SMILES string of the molecule is CC(C)(C)OC(=O)n1c2ccncc2c2scnc21. The van der Waals surface area contributed by atoms with Gasteiger partial charge in [0, 0.05) is 17.8 Å². The molecule has 0 aliphatic carbocycles. The molecule has 5 nitrogen and oxygen atoms in total. The van der Waals surface area contributed by atoms with Gasteiger partial charge in [0.1, 0.15) is 5.60 Å². The molecule has 0 saturated heterocycles. The van der Waals surface area contributed by atoms with E-state index in [0.717, 1.165) is 15.6 Å². The average Bonchev–Trinajstić information content (AvgIpc) is 2.85. The number of hydrogen-bond donors (Lipinski definition) is 0. The fourth-order valence-corrected chi connectivity index (χ4v) is 2.74. The molecule has 3 aromatic rings. The van der Waals surface area contributed by atoms with Crippen LogP contribution in [-0.4, -0.2) is 26.2 Å². The molecule has 0 unspecified atom stereocenters. The van der Waals surface area contributed by atoms with Crippen LogP contribution in [0.2, 0.25) is 0 Å². The van der Waals surface area contributed by atoms with E-state index in [1.807, 2.05) is 20.8 Å². The molecule has 0 bridgehead atoms. The van der Waals surface area contributed by atoms with Gasteiger partial charge in [-0.25, -0.2) is 14.3 Å². The number of ether oxygens (including phenoxy) is 1. The summed E-state index contributed by atoms with van der Waals surface area (Å²) in [5.41, 5.74) is 2.59. The number of fused-ring (bicyclic) bond motifs is 3. The molecule has 0 N–H and O–H groups in total. The van der Waals surface area contributed by atoms with Gasteiger partial charge in [0.15, 0.2) is 5.65 Å². The lowest BCUT2D eigenvalue weighted by molar-refractivity contribution is 0.0550. The van der Waals surface area contributed by atoms with Crippen molar-refractivity contribution < 1.29 is 9.53 Å². The molecule has 3 rings (SSSR count). The lowest BCUT2D eigenvalue weighted by Gasteiger charge is -2.19. The second kappa shape index (κ2) is 4.03. The van der Waals surface area contributed by atoms with Crippen LogP contribution in [0.1, 0.15) is 20.8 Å². The molecule has 3 aromatic heterocycles. The summed E-state index contributed by atoms with van der Waals surface area (Å²) in [5.74, 6) is 0. The third-order valence-corrected chi connectivity index (χ3v) is 3.47. The molecule has 0 spiro atoms. The van der Waals surface area contributed by atoms with E-state index < -0.39 is 11.7 Å². The van der Waals surface area contributed by atoms with Crippen LogP contribution in [0.15, 0.2) is 24.0 Å². The Morgan fingerprint density at radius 3 is 2.95 bits per heavy atom. The minimum Gasteiger partial charge on any atom is -0.443 e. The predicted molar refractivity (Wildman–Crippen MR) is 74.5 cm³/mol. The molecule has 0 aliphatic heterocycles. The second-order valence-corrected chi connectivity index (χ2v) is 6.07. The van der Waals surface area contributed by atoms with Crippen molar-refractivity contribution in [1.29, 1.82) is 0 Å². The van der Waals surface area contributed by atoms with E-state index >= 15 is 0 Å². The fourth-order valence-electron chi connectivity index (χ4n) is 1.95. The van der Waals surface area contributed by atoms with Gasteiger partial charge in [-0.1, -0.05) is 0 Å². The maximum atomic E-state index is 12.3. The molecule has 3 heterocycles. The fraction of sp³-hybridized carbons (Fsp3) is 0.308. The Bertz CT molecular complexity index is 767. The Morgan fingerprint density at radius 2 is 2.21 bits per heavy atom. The highest BCUT2D eigenvalue weighted by atomic mass is 32.1. The quantitative estimate of drug-likeness (QED) is 0.630. The summed E-state index contributed by atoms with van der Waals surface area (Å²) in [5, 5.41) is 0.922. The van der Waals surface area contributed by atoms with Gasteiger partial charge in [0.2, 0.25) is 0 Å². The Balaban J connectivity index is 2.25. The number of pyridine rings is 1. The Kier molecular flexibility index (Phi) is 2.56. The highest BCUT2D eigenvalue weighted by Gasteiger charge is 2.23. The van der Waals surface area contributed by atoms with Gasteiger partial charge in [-0.2, -0.15) is 0 Å². The van der Waals surface area contributed by atoms with E-state index in [0.29, 0.717) is 5.65 Å². The van der Waals surface area contributed by atoms with Gasteiger partial charge in [0.05, 0.1) is 15.7 Å². The highest BCUT2D eigenvalue weighted by Crippen LogP contribution is 2.31. The van der Waals surface area contributed by atoms with Crippen LogP contribution in [0.4, 0.5) is 4.79 Å². The van der Waals surface area contributed by atoms with Crippen LogP contribution in [0, 0.1) is 0 Å². The van der Waals surface area contributed by atoms with Crippen LogP contribution in [0.5, 0.6) is 0 Å². The molecular formula is C13H13N3O2S. The van der Waals surface area contributed by atoms with E-state index in [9.17, 15) is 4.79 Å². The zero-order chi connectivity index (χ0) is 13.6. The van der Waals surface area contributed by atoms with E-state index in [-0.39, 0.29) is 0 Å². The van der Waals surface area contributed by atoms with Gasteiger partial charge in [-0.15, -0.1) is 11.3 Å². The van der Waals surface area contributed by atoms with Gasteiger partial charge in [0.25, 0.3) is 0 Å². The number of hydrogen-bond acceptors (Lipinski definition) is 5. The van der Waals surface area contributed by atoms with Crippen molar-refractivity contribution in [1.82, 2.24) is 14.5 Å². The summed E-state index contributed by atoms with van der Waals surface area (Å²) in [6, 6.07) is 1.80. The molecule has 6 heteroatoms. The molecule has 0 radical (unpaired) electrons. The topological polar surface area (TPSA) is 57.0 Å². The zero-order valence-corrected chi connectivity index (χ0v) is 11.7. The average molecular weight is 275 g/mol. The predicted octanol–water partition coefficient (Wildman–Crippen LogP) is 3.43. The molecular weight excluding hydrogens is 262 g/mol. The largest absolute Gasteiger partial charge is 0.443 e. The summed E-state index contributed by atoms with van der Waals surface area (Å²) < 4.78 is 7.90.